The molecule has 0 radical (unpaired) electrons. The predicted molar refractivity (Wildman–Crippen MR) is 140 cm³/mol. The molecule has 1 saturated heterocycles. The number of benzene rings is 1. The van der Waals surface area contributed by atoms with Gasteiger partial charge in [0.1, 0.15) is 17.2 Å². The Bertz CT molecular complexity index is 1050. The fraction of sp³-hybridized carbons (Fsp3) is 0.385. The maximum atomic E-state index is 12.8. The Kier molecular flexibility index (Phi) is 9.52. The first kappa shape index (κ1) is 28.7. The minimum Gasteiger partial charge on any atom is -0.398 e. The number of aliphatic hydroxyl groups is 1. The molecule has 0 bridgehead atoms. The van der Waals surface area contributed by atoms with Crippen LogP contribution in [0.15, 0.2) is 76.8 Å². The monoisotopic (exact) mass is 504 g/mol. The number of halogens is 3. The van der Waals surface area contributed by atoms with Gasteiger partial charge in [-0.15, -0.1) is 0 Å². The van der Waals surface area contributed by atoms with Crippen molar-refractivity contribution in [2.45, 2.75) is 51.4 Å². The Morgan fingerprint density at radius 2 is 1.72 bits per heavy atom. The summed E-state index contributed by atoms with van der Waals surface area (Å²) in [5, 5.41) is 13.9. The number of nitrogens with zero attached hydrogens (tertiary/aromatic N) is 3. The number of nitrogens with one attached hydrogen (secondary N) is 1. The molecule has 1 fully saturated rings. The third-order valence-corrected chi connectivity index (χ3v) is 5.49. The van der Waals surface area contributed by atoms with Crippen LogP contribution >= 0.6 is 0 Å². The minimum atomic E-state index is -4.43. The highest BCUT2D eigenvalue weighted by Gasteiger charge is 2.30. The average molecular weight is 505 g/mol. The lowest BCUT2D eigenvalue weighted by atomic mass is 9.99. The second-order valence-corrected chi connectivity index (χ2v) is 9.21. The lowest BCUT2D eigenvalue weighted by molar-refractivity contribution is -0.137. The molecule has 10 heteroatoms. The Balaban J connectivity index is 2.11. The van der Waals surface area contributed by atoms with Crippen LogP contribution in [0, 0.1) is 0 Å². The molecule has 1 aromatic carbocycles. The third-order valence-electron chi connectivity index (χ3n) is 5.49. The van der Waals surface area contributed by atoms with Crippen LogP contribution in [-0.2, 0) is 6.18 Å². The van der Waals surface area contributed by atoms with Gasteiger partial charge in [-0.3, -0.25) is 0 Å². The number of nitrogens with two attached hydrogens (primary N) is 2. The first-order valence-corrected chi connectivity index (χ1v) is 11.5. The van der Waals surface area contributed by atoms with Crippen LogP contribution in [0.1, 0.15) is 44.7 Å². The maximum absolute atomic E-state index is 12.8. The van der Waals surface area contributed by atoms with Crippen molar-refractivity contribution in [3.63, 3.8) is 0 Å². The molecule has 0 spiro atoms. The molecular formula is C26H35F3N6O. The number of aliphatic imine (C=N–C) groups is 2. The van der Waals surface area contributed by atoms with Crippen LogP contribution in [0.25, 0.3) is 5.70 Å². The maximum Gasteiger partial charge on any atom is 0.416 e. The van der Waals surface area contributed by atoms with E-state index in [-0.39, 0.29) is 17.5 Å². The van der Waals surface area contributed by atoms with Gasteiger partial charge in [-0.1, -0.05) is 30.9 Å². The van der Waals surface area contributed by atoms with Gasteiger partial charge in [0, 0.05) is 24.8 Å². The minimum absolute atomic E-state index is 0.102. The van der Waals surface area contributed by atoms with Crippen molar-refractivity contribution < 1.29 is 18.3 Å². The molecule has 0 saturated carbocycles. The van der Waals surface area contributed by atoms with Gasteiger partial charge in [0.25, 0.3) is 0 Å². The summed E-state index contributed by atoms with van der Waals surface area (Å²) < 4.78 is 38.5. The van der Waals surface area contributed by atoms with Gasteiger partial charge in [-0.2, -0.15) is 13.2 Å². The molecule has 0 aliphatic carbocycles. The number of piperidine rings is 1. The Morgan fingerprint density at radius 1 is 1.14 bits per heavy atom. The SMILES string of the molecule is C=C(C)/C=C(\N=CN)N1CCC(NC(=C)N=C(/C=C(\N)c2ccc(C(F)(F)F)cc2)C(C)(C)O)CC1. The Labute approximate surface area is 210 Å². The lowest BCUT2D eigenvalue weighted by Crippen LogP contribution is -2.41. The summed E-state index contributed by atoms with van der Waals surface area (Å²) >= 11 is 0. The predicted octanol–water partition coefficient (Wildman–Crippen LogP) is 4.15. The molecule has 6 N–H and O–H groups in total. The molecule has 1 heterocycles. The van der Waals surface area contributed by atoms with Crippen LogP contribution in [0.4, 0.5) is 13.2 Å². The van der Waals surface area contributed by atoms with Crippen molar-refractivity contribution in [1.29, 1.82) is 0 Å². The van der Waals surface area contributed by atoms with Crippen LogP contribution in [0.2, 0.25) is 0 Å². The molecule has 2 rings (SSSR count). The smallest absolute Gasteiger partial charge is 0.398 e. The van der Waals surface area contributed by atoms with E-state index in [1.807, 2.05) is 13.0 Å². The van der Waals surface area contributed by atoms with Crippen molar-refractivity contribution >= 4 is 17.7 Å². The molecular weight excluding hydrogens is 469 g/mol. The van der Waals surface area contributed by atoms with Gasteiger partial charge >= 0.3 is 6.18 Å². The van der Waals surface area contributed by atoms with E-state index in [2.05, 4.69) is 33.4 Å². The second-order valence-electron chi connectivity index (χ2n) is 9.21. The zero-order valence-electron chi connectivity index (χ0n) is 20.9. The fourth-order valence-corrected chi connectivity index (χ4v) is 3.60. The number of hydrogen-bond acceptors (Lipinski definition) is 6. The summed E-state index contributed by atoms with van der Waals surface area (Å²) in [5.41, 5.74) is 11.1. The van der Waals surface area contributed by atoms with Crippen molar-refractivity contribution in [2.75, 3.05) is 13.1 Å². The fourth-order valence-electron chi connectivity index (χ4n) is 3.60. The molecule has 196 valence electrons. The van der Waals surface area contributed by atoms with Gasteiger partial charge < -0.3 is 26.8 Å². The summed E-state index contributed by atoms with van der Waals surface area (Å²) in [6.07, 6.45) is 1.74. The molecule has 1 aliphatic heterocycles. The Morgan fingerprint density at radius 3 is 2.19 bits per heavy atom. The number of likely N-dealkylation sites (tertiary alicyclic amines) is 1. The zero-order chi connectivity index (χ0) is 27.1. The molecule has 1 aliphatic rings. The van der Waals surface area contributed by atoms with E-state index in [0.717, 1.165) is 49.5 Å². The van der Waals surface area contributed by atoms with E-state index < -0.39 is 17.3 Å². The average Bonchev–Trinajstić information content (AvgIpc) is 2.77. The summed E-state index contributed by atoms with van der Waals surface area (Å²) in [5.74, 6) is 1.10. The zero-order valence-corrected chi connectivity index (χ0v) is 20.9. The van der Waals surface area contributed by atoms with Crippen molar-refractivity contribution in [1.82, 2.24) is 10.2 Å². The van der Waals surface area contributed by atoms with E-state index in [9.17, 15) is 18.3 Å². The molecule has 1 aromatic rings. The van der Waals surface area contributed by atoms with Crippen molar-refractivity contribution in [2.24, 2.45) is 21.5 Å². The summed E-state index contributed by atoms with van der Waals surface area (Å²) in [6, 6.07) is 4.58. The molecule has 7 nitrogen and oxygen atoms in total. The highest BCUT2D eigenvalue weighted by molar-refractivity contribution is 6.05. The first-order valence-electron chi connectivity index (χ1n) is 11.5. The highest BCUT2D eigenvalue weighted by Crippen LogP contribution is 2.29. The van der Waals surface area contributed by atoms with E-state index in [4.69, 9.17) is 11.5 Å². The lowest BCUT2D eigenvalue weighted by Gasteiger charge is -2.34. The highest BCUT2D eigenvalue weighted by atomic mass is 19.4. The Hall–Kier alpha value is -3.53. The van der Waals surface area contributed by atoms with Gasteiger partial charge in [0.2, 0.25) is 0 Å². The van der Waals surface area contributed by atoms with Crippen molar-refractivity contribution in [3.05, 3.63) is 77.9 Å². The van der Waals surface area contributed by atoms with E-state index in [1.54, 1.807) is 13.8 Å². The summed E-state index contributed by atoms with van der Waals surface area (Å²) in [6.45, 7) is 14.3. The molecule has 0 unspecified atom stereocenters. The quantitative estimate of drug-likeness (QED) is 0.229. The summed E-state index contributed by atoms with van der Waals surface area (Å²) in [7, 11) is 0. The number of allylic oxidation sites excluding steroid dienone is 2. The van der Waals surface area contributed by atoms with E-state index >= 15 is 0 Å². The normalized spacial score (nSPS) is 17.0. The molecule has 0 amide bonds. The van der Waals surface area contributed by atoms with Gasteiger partial charge in [-0.05, 0) is 63.5 Å². The number of alkyl halides is 3. The van der Waals surface area contributed by atoms with E-state index in [1.165, 1.54) is 24.5 Å². The third kappa shape index (κ3) is 8.60. The van der Waals surface area contributed by atoms with Crippen LogP contribution in [-0.4, -0.2) is 46.8 Å². The van der Waals surface area contributed by atoms with Gasteiger partial charge in [0.05, 0.1) is 17.6 Å². The standard InChI is InChI=1S/C26H35F3N6O/c1-17(2)14-24(32-16-30)35-12-10-21(11-13-35)33-18(3)34-23(25(4,5)36)15-22(31)19-6-8-20(9-7-19)26(27,28)29/h6-9,14-16,21,33,36H,1,3,10-13,31H2,2,4-5H3,(H2,30,32)/b22-15-,24-14+,34-23?. The summed E-state index contributed by atoms with van der Waals surface area (Å²) in [4.78, 5) is 10.8. The largest absolute Gasteiger partial charge is 0.416 e. The van der Waals surface area contributed by atoms with E-state index in [0.29, 0.717) is 11.4 Å². The number of hydrogen-bond donors (Lipinski definition) is 4. The van der Waals surface area contributed by atoms with Crippen LogP contribution in [0.3, 0.4) is 0 Å². The number of rotatable bonds is 9. The van der Waals surface area contributed by atoms with Crippen LogP contribution < -0.4 is 16.8 Å². The molecule has 0 atom stereocenters. The van der Waals surface area contributed by atoms with Crippen molar-refractivity contribution in [3.8, 4) is 0 Å². The molecule has 36 heavy (non-hydrogen) atoms. The second kappa shape index (κ2) is 11.9. The molecule has 0 aromatic heterocycles. The van der Waals surface area contributed by atoms with Crippen LogP contribution in [0.5, 0.6) is 0 Å². The first-order chi connectivity index (χ1) is 16.7. The van der Waals surface area contributed by atoms with Gasteiger partial charge in [-0.25, -0.2) is 9.98 Å². The topological polar surface area (TPSA) is 112 Å². The van der Waals surface area contributed by atoms with Gasteiger partial charge in [0.15, 0.2) is 0 Å².